The summed E-state index contributed by atoms with van der Waals surface area (Å²) < 4.78 is 0. The third kappa shape index (κ3) is 4.44. The van der Waals surface area contributed by atoms with Crippen LogP contribution in [-0.2, 0) is 0 Å². The van der Waals surface area contributed by atoms with E-state index in [-0.39, 0.29) is 32.3 Å². The summed E-state index contributed by atoms with van der Waals surface area (Å²) >= 11 is 17.1. The number of anilines is 1. The van der Waals surface area contributed by atoms with E-state index in [1.165, 1.54) is 12.1 Å². The van der Waals surface area contributed by atoms with Gasteiger partial charge in [0.2, 0.25) is 0 Å². The Balaban J connectivity index is 2.13. The molecule has 0 aliphatic carbocycles. The molecule has 0 heterocycles. The highest BCUT2D eigenvalue weighted by molar-refractivity contribution is 7.80. The standard InChI is InChI=1S/C16H12Cl2N2O3S/c1-8-3-2-4-9(5-8)14(21)20-16(24)19-13-11(17)6-10(15(22)23)7-12(13)18/h2-7H,1H3,(H,22,23)(H2,19,20,21,24). The van der Waals surface area contributed by atoms with Crippen molar-refractivity contribution >= 4 is 58.1 Å². The lowest BCUT2D eigenvalue weighted by Gasteiger charge is -2.13. The van der Waals surface area contributed by atoms with E-state index in [1.54, 1.807) is 18.2 Å². The summed E-state index contributed by atoms with van der Waals surface area (Å²) in [5, 5.41) is 14.3. The van der Waals surface area contributed by atoms with E-state index in [2.05, 4.69) is 10.6 Å². The van der Waals surface area contributed by atoms with Gasteiger partial charge in [0.05, 0.1) is 21.3 Å². The highest BCUT2D eigenvalue weighted by Gasteiger charge is 2.14. The molecule has 1 amide bonds. The largest absolute Gasteiger partial charge is 0.478 e. The summed E-state index contributed by atoms with van der Waals surface area (Å²) in [7, 11) is 0. The van der Waals surface area contributed by atoms with Crippen LogP contribution in [0.5, 0.6) is 0 Å². The van der Waals surface area contributed by atoms with Gasteiger partial charge in [0, 0.05) is 5.56 Å². The second kappa shape index (κ2) is 7.61. The van der Waals surface area contributed by atoms with Crippen LogP contribution in [0.25, 0.3) is 0 Å². The summed E-state index contributed by atoms with van der Waals surface area (Å²) in [4.78, 5) is 23.1. The fourth-order valence-electron chi connectivity index (χ4n) is 1.92. The summed E-state index contributed by atoms with van der Waals surface area (Å²) in [6.07, 6.45) is 0. The fraction of sp³-hybridized carbons (Fsp3) is 0.0625. The number of carboxylic acids is 1. The van der Waals surface area contributed by atoms with Crippen molar-refractivity contribution < 1.29 is 14.7 Å². The predicted molar refractivity (Wildman–Crippen MR) is 98.3 cm³/mol. The van der Waals surface area contributed by atoms with Crippen LogP contribution in [0.1, 0.15) is 26.3 Å². The number of hydrogen-bond acceptors (Lipinski definition) is 3. The Kier molecular flexibility index (Phi) is 5.77. The Bertz CT molecular complexity index is 817. The Morgan fingerprint density at radius 2 is 1.71 bits per heavy atom. The van der Waals surface area contributed by atoms with Gasteiger partial charge in [0.15, 0.2) is 5.11 Å². The van der Waals surface area contributed by atoms with Crippen molar-refractivity contribution in [3.63, 3.8) is 0 Å². The Morgan fingerprint density at radius 3 is 2.25 bits per heavy atom. The van der Waals surface area contributed by atoms with E-state index < -0.39 is 5.97 Å². The molecule has 0 bridgehead atoms. The van der Waals surface area contributed by atoms with Crippen molar-refractivity contribution in [3.05, 3.63) is 63.1 Å². The van der Waals surface area contributed by atoms with Crippen LogP contribution in [0, 0.1) is 6.92 Å². The number of nitrogens with one attached hydrogen (secondary N) is 2. The zero-order valence-electron chi connectivity index (χ0n) is 12.4. The minimum atomic E-state index is -1.15. The van der Waals surface area contributed by atoms with Gasteiger partial charge in [-0.25, -0.2) is 4.79 Å². The minimum Gasteiger partial charge on any atom is -0.478 e. The number of thiocarbonyl (C=S) groups is 1. The first kappa shape index (κ1) is 18.2. The number of amides is 1. The molecule has 24 heavy (non-hydrogen) atoms. The molecule has 2 aromatic rings. The molecule has 0 fully saturated rings. The Labute approximate surface area is 153 Å². The van der Waals surface area contributed by atoms with E-state index in [0.29, 0.717) is 5.56 Å². The lowest BCUT2D eigenvalue weighted by atomic mass is 10.1. The molecule has 0 spiro atoms. The second-order valence-electron chi connectivity index (χ2n) is 4.90. The molecular formula is C16H12Cl2N2O3S. The van der Waals surface area contributed by atoms with Gasteiger partial charge in [0.1, 0.15) is 0 Å². The van der Waals surface area contributed by atoms with Gasteiger partial charge in [-0.05, 0) is 43.4 Å². The predicted octanol–water partition coefficient (Wildman–Crippen LogP) is 4.13. The van der Waals surface area contributed by atoms with E-state index >= 15 is 0 Å². The molecule has 5 nitrogen and oxygen atoms in total. The van der Waals surface area contributed by atoms with Crippen LogP contribution >= 0.6 is 35.4 Å². The Morgan fingerprint density at radius 1 is 1.08 bits per heavy atom. The molecule has 2 rings (SSSR count). The molecule has 0 saturated carbocycles. The first-order valence-electron chi connectivity index (χ1n) is 6.69. The number of carbonyl (C=O) groups is 2. The van der Waals surface area contributed by atoms with Crippen molar-refractivity contribution in [2.75, 3.05) is 5.32 Å². The van der Waals surface area contributed by atoms with Crippen LogP contribution < -0.4 is 10.6 Å². The molecule has 2 aromatic carbocycles. The fourth-order valence-corrected chi connectivity index (χ4v) is 2.70. The lowest BCUT2D eigenvalue weighted by molar-refractivity contribution is 0.0696. The van der Waals surface area contributed by atoms with Crippen LogP contribution in [-0.4, -0.2) is 22.1 Å². The molecule has 0 unspecified atom stereocenters. The molecular weight excluding hydrogens is 371 g/mol. The van der Waals surface area contributed by atoms with Crippen molar-refractivity contribution in [2.24, 2.45) is 0 Å². The maximum atomic E-state index is 12.1. The molecule has 0 atom stereocenters. The number of aryl methyl sites for hydroxylation is 1. The summed E-state index contributed by atoms with van der Waals surface area (Å²) in [5.41, 5.74) is 1.57. The van der Waals surface area contributed by atoms with E-state index in [0.717, 1.165) is 5.56 Å². The summed E-state index contributed by atoms with van der Waals surface area (Å²) in [6.45, 7) is 1.87. The van der Waals surface area contributed by atoms with E-state index in [4.69, 9.17) is 40.5 Å². The smallest absolute Gasteiger partial charge is 0.335 e. The maximum absolute atomic E-state index is 12.1. The molecule has 124 valence electrons. The van der Waals surface area contributed by atoms with Crippen LogP contribution in [0.2, 0.25) is 10.0 Å². The average molecular weight is 383 g/mol. The van der Waals surface area contributed by atoms with Gasteiger partial charge >= 0.3 is 5.97 Å². The normalized spacial score (nSPS) is 10.1. The number of aromatic carboxylic acids is 1. The third-order valence-electron chi connectivity index (χ3n) is 3.03. The molecule has 0 radical (unpaired) electrons. The van der Waals surface area contributed by atoms with Crippen molar-refractivity contribution in [1.29, 1.82) is 0 Å². The van der Waals surface area contributed by atoms with Gasteiger partial charge in [-0.3, -0.25) is 10.1 Å². The number of rotatable bonds is 3. The summed E-state index contributed by atoms with van der Waals surface area (Å²) in [5.74, 6) is -1.54. The highest BCUT2D eigenvalue weighted by atomic mass is 35.5. The lowest BCUT2D eigenvalue weighted by Crippen LogP contribution is -2.34. The van der Waals surface area contributed by atoms with Crippen LogP contribution in [0.15, 0.2) is 36.4 Å². The topological polar surface area (TPSA) is 78.4 Å². The molecule has 8 heteroatoms. The van der Waals surface area contributed by atoms with E-state index in [1.807, 2.05) is 13.0 Å². The zero-order valence-corrected chi connectivity index (χ0v) is 14.7. The van der Waals surface area contributed by atoms with E-state index in [9.17, 15) is 9.59 Å². The quantitative estimate of drug-likeness (QED) is 0.695. The second-order valence-corrected chi connectivity index (χ2v) is 6.12. The SMILES string of the molecule is Cc1cccc(C(=O)NC(=S)Nc2c(Cl)cc(C(=O)O)cc2Cl)c1. The molecule has 0 aliphatic rings. The molecule has 0 saturated heterocycles. The van der Waals surface area contributed by atoms with Crippen molar-refractivity contribution in [3.8, 4) is 0 Å². The highest BCUT2D eigenvalue weighted by Crippen LogP contribution is 2.31. The Hall–Kier alpha value is -2.15. The summed E-state index contributed by atoms with van der Waals surface area (Å²) in [6, 6.07) is 9.49. The number of benzene rings is 2. The molecule has 0 aromatic heterocycles. The van der Waals surface area contributed by atoms with Gasteiger partial charge in [0.25, 0.3) is 5.91 Å². The van der Waals surface area contributed by atoms with Crippen LogP contribution in [0.3, 0.4) is 0 Å². The third-order valence-corrected chi connectivity index (χ3v) is 3.84. The first-order valence-corrected chi connectivity index (χ1v) is 7.85. The first-order chi connectivity index (χ1) is 11.3. The van der Waals surface area contributed by atoms with Crippen molar-refractivity contribution in [2.45, 2.75) is 6.92 Å². The van der Waals surface area contributed by atoms with Crippen LogP contribution in [0.4, 0.5) is 5.69 Å². The number of carboxylic acid groups (broad SMARTS) is 1. The van der Waals surface area contributed by atoms with Crippen molar-refractivity contribution in [1.82, 2.24) is 5.32 Å². The molecule has 0 aliphatic heterocycles. The number of halogens is 2. The van der Waals surface area contributed by atoms with Gasteiger partial charge in [-0.2, -0.15) is 0 Å². The van der Waals surface area contributed by atoms with Gasteiger partial charge in [-0.1, -0.05) is 40.9 Å². The molecule has 3 N–H and O–H groups in total. The minimum absolute atomic E-state index is 0.00613. The maximum Gasteiger partial charge on any atom is 0.335 e. The number of hydrogen-bond donors (Lipinski definition) is 3. The van der Waals surface area contributed by atoms with Gasteiger partial charge in [-0.15, -0.1) is 0 Å². The monoisotopic (exact) mass is 382 g/mol. The average Bonchev–Trinajstić information content (AvgIpc) is 2.50. The zero-order chi connectivity index (χ0) is 17.9. The number of carbonyl (C=O) groups excluding carboxylic acids is 1. The van der Waals surface area contributed by atoms with Gasteiger partial charge < -0.3 is 10.4 Å².